The monoisotopic (exact) mass is 114 g/mol. The van der Waals surface area contributed by atoms with E-state index in [2.05, 4.69) is 17.1 Å². The molecule has 0 amide bonds. The Morgan fingerprint density at radius 2 is 2.25 bits per heavy atom. The van der Waals surface area contributed by atoms with Crippen LogP contribution < -0.4 is 17.1 Å². The molecule has 0 atom stereocenters. The molecule has 0 aromatic carbocycles. The van der Waals surface area contributed by atoms with Gasteiger partial charge in [0.25, 0.3) is 0 Å². The molecule has 0 rings (SSSR count). The van der Waals surface area contributed by atoms with Crippen LogP contribution in [0.4, 0.5) is 0 Å². The molecule has 5 N–H and O–H groups in total. The van der Waals surface area contributed by atoms with Crippen LogP contribution in [0, 0.1) is 0 Å². The molecule has 0 aliphatic carbocycles. The Bertz CT molecular complexity index is 115. The maximum Gasteiger partial charge on any atom is 0.0807 e. The van der Waals surface area contributed by atoms with Gasteiger partial charge >= 0.3 is 0 Å². The fourth-order valence-corrected chi connectivity index (χ4v) is 0.182. The van der Waals surface area contributed by atoms with Crippen molar-refractivity contribution in [1.29, 1.82) is 0 Å². The van der Waals surface area contributed by atoms with Gasteiger partial charge in [-0.25, -0.2) is 0 Å². The molecule has 46 valence electrons. The topological polar surface area (TPSA) is 76.4 Å². The van der Waals surface area contributed by atoms with Gasteiger partial charge in [-0.3, -0.25) is 5.84 Å². The summed E-state index contributed by atoms with van der Waals surface area (Å²) in [6.07, 6.45) is 0. The first kappa shape index (κ1) is 6.97. The summed E-state index contributed by atoms with van der Waals surface area (Å²) < 4.78 is 0. The second-order valence-corrected chi connectivity index (χ2v) is 1.34. The molecule has 0 saturated carbocycles. The van der Waals surface area contributed by atoms with Crippen molar-refractivity contribution in [3.63, 3.8) is 0 Å². The lowest BCUT2D eigenvalue weighted by Crippen LogP contribution is -2.25. The van der Waals surface area contributed by atoms with Crippen molar-refractivity contribution >= 4 is 5.71 Å². The minimum atomic E-state index is 0.535. The molecular formula is C4H10N4. The van der Waals surface area contributed by atoms with Crippen molar-refractivity contribution in [2.24, 2.45) is 16.8 Å². The Morgan fingerprint density at radius 1 is 1.75 bits per heavy atom. The molecular weight excluding hydrogens is 104 g/mol. The van der Waals surface area contributed by atoms with Crippen LogP contribution in [-0.4, -0.2) is 5.71 Å². The standard InChI is InChI=1S/C4H10N4/c1-3(7-5)4(2)8-6/h7H,1,5-6H2,2H3. The molecule has 8 heavy (non-hydrogen) atoms. The SMILES string of the molecule is C=C(NN)C(C)=NN. The van der Waals surface area contributed by atoms with Gasteiger partial charge in [0, 0.05) is 0 Å². The van der Waals surface area contributed by atoms with Crippen molar-refractivity contribution in [2.45, 2.75) is 6.92 Å². The highest BCUT2D eigenvalue weighted by Gasteiger charge is 1.90. The lowest BCUT2D eigenvalue weighted by atomic mass is 10.3. The first-order chi connectivity index (χ1) is 3.72. The van der Waals surface area contributed by atoms with E-state index in [4.69, 9.17) is 11.7 Å². The Balaban J connectivity index is 3.83. The fourth-order valence-electron chi connectivity index (χ4n) is 0.182. The normalized spacial score (nSPS) is 11.0. The van der Waals surface area contributed by atoms with E-state index in [1.807, 2.05) is 0 Å². The molecule has 0 aliphatic heterocycles. The third kappa shape index (κ3) is 1.61. The predicted molar refractivity (Wildman–Crippen MR) is 33.8 cm³/mol. The highest BCUT2D eigenvalue weighted by molar-refractivity contribution is 5.96. The van der Waals surface area contributed by atoms with Crippen molar-refractivity contribution in [1.82, 2.24) is 5.43 Å². The summed E-state index contributed by atoms with van der Waals surface area (Å²) in [7, 11) is 0. The fraction of sp³-hybridized carbons (Fsp3) is 0.250. The average molecular weight is 114 g/mol. The number of nitrogens with two attached hydrogens (primary N) is 2. The van der Waals surface area contributed by atoms with E-state index in [9.17, 15) is 0 Å². The molecule has 0 saturated heterocycles. The quantitative estimate of drug-likeness (QED) is 0.252. The molecule has 0 fully saturated rings. The largest absolute Gasteiger partial charge is 0.323 e. The van der Waals surface area contributed by atoms with Crippen LogP contribution in [0.15, 0.2) is 17.4 Å². The molecule has 0 aromatic rings. The molecule has 4 heteroatoms. The van der Waals surface area contributed by atoms with Crippen LogP contribution >= 0.6 is 0 Å². The lowest BCUT2D eigenvalue weighted by Gasteiger charge is -1.99. The molecule has 0 spiro atoms. The number of hydrazone groups is 1. The minimum Gasteiger partial charge on any atom is -0.323 e. The first-order valence-electron chi connectivity index (χ1n) is 2.12. The number of nitrogens with one attached hydrogen (secondary N) is 1. The van der Waals surface area contributed by atoms with E-state index in [0.29, 0.717) is 11.4 Å². The Labute approximate surface area is 48.2 Å². The third-order valence-corrected chi connectivity index (χ3v) is 0.805. The van der Waals surface area contributed by atoms with Gasteiger partial charge in [-0.2, -0.15) is 5.10 Å². The zero-order valence-corrected chi connectivity index (χ0v) is 4.81. The Kier molecular flexibility index (Phi) is 2.64. The zero-order valence-electron chi connectivity index (χ0n) is 4.81. The predicted octanol–water partition coefficient (Wildman–Crippen LogP) is -0.702. The van der Waals surface area contributed by atoms with Crippen LogP contribution in [0.25, 0.3) is 0 Å². The second kappa shape index (κ2) is 3.04. The molecule has 0 unspecified atom stereocenters. The lowest BCUT2D eigenvalue weighted by molar-refractivity contribution is 0.930. The summed E-state index contributed by atoms with van der Waals surface area (Å²) in [6, 6.07) is 0. The van der Waals surface area contributed by atoms with Crippen LogP contribution in [0.1, 0.15) is 6.92 Å². The van der Waals surface area contributed by atoms with Gasteiger partial charge in [0.15, 0.2) is 0 Å². The highest BCUT2D eigenvalue weighted by Crippen LogP contribution is 1.82. The summed E-state index contributed by atoms with van der Waals surface area (Å²) in [4.78, 5) is 0. The van der Waals surface area contributed by atoms with E-state index in [0.717, 1.165) is 0 Å². The van der Waals surface area contributed by atoms with E-state index < -0.39 is 0 Å². The van der Waals surface area contributed by atoms with Gasteiger partial charge in [0.05, 0.1) is 11.4 Å². The van der Waals surface area contributed by atoms with Crippen molar-refractivity contribution < 1.29 is 0 Å². The number of hydrogen-bond acceptors (Lipinski definition) is 4. The number of rotatable bonds is 2. The number of allylic oxidation sites excluding steroid dienone is 1. The maximum atomic E-state index is 4.96. The second-order valence-electron chi connectivity index (χ2n) is 1.34. The van der Waals surface area contributed by atoms with Crippen LogP contribution in [0.5, 0.6) is 0 Å². The first-order valence-corrected chi connectivity index (χ1v) is 2.12. The Hall–Kier alpha value is -1.03. The maximum absolute atomic E-state index is 4.96. The van der Waals surface area contributed by atoms with Gasteiger partial charge in [-0.1, -0.05) is 6.58 Å². The van der Waals surface area contributed by atoms with Crippen LogP contribution in [0.2, 0.25) is 0 Å². The molecule has 0 aromatic heterocycles. The summed E-state index contributed by atoms with van der Waals surface area (Å²) in [5.41, 5.74) is 3.45. The van der Waals surface area contributed by atoms with E-state index in [1.165, 1.54) is 0 Å². The van der Waals surface area contributed by atoms with Crippen molar-refractivity contribution in [3.05, 3.63) is 12.3 Å². The van der Waals surface area contributed by atoms with Gasteiger partial charge in [-0.15, -0.1) is 0 Å². The Morgan fingerprint density at radius 3 is 2.38 bits per heavy atom. The average Bonchev–Trinajstić information content (AvgIpc) is 1.84. The number of hydrogen-bond donors (Lipinski definition) is 3. The number of nitrogens with zero attached hydrogens (tertiary/aromatic N) is 1. The van der Waals surface area contributed by atoms with Crippen molar-refractivity contribution in [3.8, 4) is 0 Å². The van der Waals surface area contributed by atoms with Gasteiger partial charge in [0.1, 0.15) is 0 Å². The molecule has 0 bridgehead atoms. The van der Waals surface area contributed by atoms with Crippen LogP contribution in [-0.2, 0) is 0 Å². The highest BCUT2D eigenvalue weighted by atomic mass is 15.2. The van der Waals surface area contributed by atoms with Gasteiger partial charge in [-0.05, 0) is 6.92 Å². The summed E-state index contributed by atoms with van der Waals surface area (Å²) in [5.74, 6) is 9.84. The zero-order chi connectivity index (χ0) is 6.57. The minimum absolute atomic E-state index is 0.535. The van der Waals surface area contributed by atoms with Crippen molar-refractivity contribution in [2.75, 3.05) is 0 Å². The number of hydrazine groups is 1. The summed E-state index contributed by atoms with van der Waals surface area (Å²) in [5, 5.41) is 3.33. The van der Waals surface area contributed by atoms with Crippen LogP contribution in [0.3, 0.4) is 0 Å². The van der Waals surface area contributed by atoms with Gasteiger partial charge in [0.2, 0.25) is 0 Å². The molecule has 0 aliphatic rings. The third-order valence-electron chi connectivity index (χ3n) is 0.805. The smallest absolute Gasteiger partial charge is 0.0807 e. The molecule has 4 nitrogen and oxygen atoms in total. The molecule has 0 heterocycles. The van der Waals surface area contributed by atoms with E-state index in [-0.39, 0.29) is 0 Å². The molecule has 0 radical (unpaired) electrons. The van der Waals surface area contributed by atoms with E-state index in [1.54, 1.807) is 6.92 Å². The summed E-state index contributed by atoms with van der Waals surface area (Å²) >= 11 is 0. The van der Waals surface area contributed by atoms with Gasteiger partial charge < -0.3 is 11.3 Å². The van der Waals surface area contributed by atoms with E-state index >= 15 is 0 Å². The summed E-state index contributed by atoms with van der Waals surface area (Å²) in [6.45, 7) is 5.21.